The second-order valence-corrected chi connectivity index (χ2v) is 5.35. The van der Waals surface area contributed by atoms with Gasteiger partial charge in [-0.1, -0.05) is 38.5 Å². The Morgan fingerprint density at radius 2 is 1.79 bits per heavy atom. The van der Waals surface area contributed by atoms with E-state index in [0.717, 1.165) is 19.0 Å². The summed E-state index contributed by atoms with van der Waals surface area (Å²) in [6, 6.07) is 0. The van der Waals surface area contributed by atoms with Crippen LogP contribution in [0.5, 0.6) is 0 Å². The second-order valence-electron chi connectivity index (χ2n) is 5.35. The first-order valence-electron chi connectivity index (χ1n) is 6.13. The minimum Gasteiger partial charge on any atom is -0.389 e. The van der Waals surface area contributed by atoms with Crippen LogP contribution in [-0.2, 0) is 0 Å². The van der Waals surface area contributed by atoms with E-state index in [0.29, 0.717) is 5.92 Å². The van der Waals surface area contributed by atoms with E-state index in [1.807, 2.05) is 6.92 Å². The van der Waals surface area contributed by atoms with Crippen molar-refractivity contribution in [2.45, 2.75) is 51.0 Å². The highest BCUT2D eigenvalue weighted by Crippen LogP contribution is 2.36. The number of nitrogens with one attached hydrogen (secondary N) is 1. The van der Waals surface area contributed by atoms with E-state index in [4.69, 9.17) is 0 Å². The van der Waals surface area contributed by atoms with Crippen LogP contribution < -0.4 is 5.32 Å². The molecule has 2 heteroatoms. The molecule has 14 heavy (non-hydrogen) atoms. The van der Waals surface area contributed by atoms with E-state index < -0.39 is 5.60 Å². The summed E-state index contributed by atoms with van der Waals surface area (Å²) in [6.07, 6.45) is 8.22. The molecule has 0 amide bonds. The van der Waals surface area contributed by atoms with Crippen LogP contribution in [0.1, 0.15) is 45.4 Å². The highest BCUT2D eigenvalue weighted by Gasteiger charge is 2.41. The molecule has 2 N–H and O–H groups in total. The van der Waals surface area contributed by atoms with Gasteiger partial charge in [0.15, 0.2) is 0 Å². The topological polar surface area (TPSA) is 32.3 Å². The van der Waals surface area contributed by atoms with Crippen LogP contribution in [0.25, 0.3) is 0 Å². The lowest BCUT2D eigenvalue weighted by molar-refractivity contribution is 0.00783. The van der Waals surface area contributed by atoms with Crippen LogP contribution in [0.3, 0.4) is 0 Å². The third-order valence-corrected chi connectivity index (χ3v) is 4.11. The summed E-state index contributed by atoms with van der Waals surface area (Å²) in [4.78, 5) is 0. The van der Waals surface area contributed by atoms with Crippen LogP contribution in [0.4, 0.5) is 0 Å². The summed E-state index contributed by atoms with van der Waals surface area (Å²) >= 11 is 0. The summed E-state index contributed by atoms with van der Waals surface area (Å²) in [5.41, 5.74) is -0.449. The van der Waals surface area contributed by atoms with Crippen molar-refractivity contribution in [1.29, 1.82) is 0 Å². The molecule has 2 rings (SSSR count). The molecule has 1 aliphatic carbocycles. The summed E-state index contributed by atoms with van der Waals surface area (Å²) < 4.78 is 0. The van der Waals surface area contributed by atoms with Gasteiger partial charge in [0.2, 0.25) is 0 Å². The molecule has 2 atom stereocenters. The van der Waals surface area contributed by atoms with E-state index in [1.54, 1.807) is 0 Å². The molecular formula is C12H23NO. The van der Waals surface area contributed by atoms with Gasteiger partial charge in [-0.2, -0.15) is 0 Å². The molecule has 1 saturated heterocycles. The van der Waals surface area contributed by atoms with E-state index in [-0.39, 0.29) is 0 Å². The fourth-order valence-electron chi connectivity index (χ4n) is 3.22. The molecule has 1 saturated carbocycles. The predicted octanol–water partition coefficient (Wildman–Crippen LogP) is 1.93. The zero-order valence-electron chi connectivity index (χ0n) is 9.26. The summed E-state index contributed by atoms with van der Waals surface area (Å²) in [6.45, 7) is 3.81. The van der Waals surface area contributed by atoms with Crippen LogP contribution >= 0.6 is 0 Å². The fourth-order valence-corrected chi connectivity index (χ4v) is 3.22. The van der Waals surface area contributed by atoms with Crippen molar-refractivity contribution in [2.75, 3.05) is 13.1 Å². The van der Waals surface area contributed by atoms with Crippen LogP contribution in [0, 0.1) is 11.8 Å². The first kappa shape index (κ1) is 10.4. The van der Waals surface area contributed by atoms with Crippen molar-refractivity contribution in [3.8, 4) is 0 Å². The van der Waals surface area contributed by atoms with Gasteiger partial charge in [-0.3, -0.25) is 0 Å². The van der Waals surface area contributed by atoms with Crippen molar-refractivity contribution >= 4 is 0 Å². The SMILES string of the molecule is CC1(O)CNCC1C1CCCCCC1. The fraction of sp³-hybridized carbons (Fsp3) is 1.00. The molecule has 0 bridgehead atoms. The molecule has 2 nitrogen and oxygen atoms in total. The molecule has 0 aromatic carbocycles. The molecule has 0 aromatic rings. The molecule has 0 spiro atoms. The Kier molecular flexibility index (Phi) is 3.13. The van der Waals surface area contributed by atoms with E-state index >= 15 is 0 Å². The summed E-state index contributed by atoms with van der Waals surface area (Å²) in [5.74, 6) is 1.27. The van der Waals surface area contributed by atoms with Gasteiger partial charge in [0.1, 0.15) is 0 Å². The van der Waals surface area contributed by atoms with Crippen LogP contribution in [-0.4, -0.2) is 23.8 Å². The van der Waals surface area contributed by atoms with Gasteiger partial charge >= 0.3 is 0 Å². The maximum absolute atomic E-state index is 10.2. The monoisotopic (exact) mass is 197 g/mol. The molecule has 1 heterocycles. The normalized spacial score (nSPS) is 41.1. The third kappa shape index (κ3) is 2.12. The minimum atomic E-state index is -0.449. The standard InChI is InChI=1S/C12H23NO/c1-12(14)9-13-8-11(12)10-6-4-2-3-5-7-10/h10-11,13-14H,2-9H2,1H3. The highest BCUT2D eigenvalue weighted by molar-refractivity contribution is 4.95. The molecule has 1 aliphatic heterocycles. The van der Waals surface area contributed by atoms with Gasteiger partial charge in [-0.05, 0) is 12.8 Å². The van der Waals surface area contributed by atoms with Gasteiger partial charge in [0, 0.05) is 19.0 Å². The molecule has 0 radical (unpaired) electrons. The molecule has 0 aromatic heterocycles. The van der Waals surface area contributed by atoms with Gasteiger partial charge in [-0.25, -0.2) is 0 Å². The largest absolute Gasteiger partial charge is 0.389 e. The Hall–Kier alpha value is -0.0800. The van der Waals surface area contributed by atoms with E-state index in [2.05, 4.69) is 5.32 Å². The summed E-state index contributed by atoms with van der Waals surface area (Å²) in [7, 11) is 0. The van der Waals surface area contributed by atoms with Crippen molar-refractivity contribution in [3.05, 3.63) is 0 Å². The second kappa shape index (κ2) is 4.19. The molecule has 2 unspecified atom stereocenters. The van der Waals surface area contributed by atoms with Gasteiger partial charge in [0.05, 0.1) is 5.60 Å². The van der Waals surface area contributed by atoms with Crippen LogP contribution in [0.15, 0.2) is 0 Å². The zero-order chi connectivity index (χ0) is 10.0. The number of aliphatic hydroxyl groups is 1. The lowest BCUT2D eigenvalue weighted by Gasteiger charge is -2.31. The number of hydrogen-bond acceptors (Lipinski definition) is 2. The maximum Gasteiger partial charge on any atom is 0.0786 e. The average Bonchev–Trinajstić information content (AvgIpc) is 2.41. The Morgan fingerprint density at radius 3 is 2.29 bits per heavy atom. The van der Waals surface area contributed by atoms with Crippen molar-refractivity contribution in [3.63, 3.8) is 0 Å². The van der Waals surface area contributed by atoms with E-state index in [9.17, 15) is 5.11 Å². The quantitative estimate of drug-likeness (QED) is 0.630. The van der Waals surface area contributed by atoms with Crippen molar-refractivity contribution in [2.24, 2.45) is 11.8 Å². The average molecular weight is 197 g/mol. The zero-order valence-corrected chi connectivity index (χ0v) is 9.26. The number of hydrogen-bond donors (Lipinski definition) is 2. The minimum absolute atomic E-state index is 0.449. The summed E-state index contributed by atoms with van der Waals surface area (Å²) in [5, 5.41) is 13.6. The Morgan fingerprint density at radius 1 is 1.14 bits per heavy atom. The maximum atomic E-state index is 10.2. The lowest BCUT2D eigenvalue weighted by atomic mass is 9.78. The smallest absolute Gasteiger partial charge is 0.0786 e. The highest BCUT2D eigenvalue weighted by atomic mass is 16.3. The first-order chi connectivity index (χ1) is 6.70. The van der Waals surface area contributed by atoms with Gasteiger partial charge in [-0.15, -0.1) is 0 Å². The molecule has 2 aliphatic rings. The number of rotatable bonds is 1. The number of β-amino-alcohol motifs (C(OH)–C–C–N with tert-alkyl or cyclic N) is 1. The Labute approximate surface area is 87.1 Å². The molecule has 82 valence electrons. The Balaban J connectivity index is 1.98. The molecule has 2 fully saturated rings. The third-order valence-electron chi connectivity index (χ3n) is 4.11. The lowest BCUT2D eigenvalue weighted by Crippen LogP contribution is -2.38. The Bertz CT molecular complexity index is 183. The van der Waals surface area contributed by atoms with E-state index in [1.165, 1.54) is 38.5 Å². The first-order valence-corrected chi connectivity index (χ1v) is 6.13. The van der Waals surface area contributed by atoms with Crippen molar-refractivity contribution in [1.82, 2.24) is 5.32 Å². The van der Waals surface area contributed by atoms with Crippen LogP contribution in [0.2, 0.25) is 0 Å². The predicted molar refractivity (Wildman–Crippen MR) is 58.2 cm³/mol. The van der Waals surface area contributed by atoms with Crippen molar-refractivity contribution < 1.29 is 5.11 Å². The molecular weight excluding hydrogens is 174 g/mol. The van der Waals surface area contributed by atoms with Gasteiger partial charge < -0.3 is 10.4 Å². The van der Waals surface area contributed by atoms with Gasteiger partial charge in [0.25, 0.3) is 0 Å².